The number of hydrogen-bond acceptors (Lipinski definition) is 2. The molecule has 0 unspecified atom stereocenters. The molecule has 12 heavy (non-hydrogen) atoms. The summed E-state index contributed by atoms with van der Waals surface area (Å²) in [6, 6.07) is 0. The largest absolute Gasteiger partial charge is 0.294 e. The van der Waals surface area contributed by atoms with Crippen molar-refractivity contribution in [3.63, 3.8) is 0 Å². The third-order valence-electron chi connectivity index (χ3n) is 2.36. The number of nitrogens with one attached hydrogen (secondary N) is 1. The molecule has 0 bridgehead atoms. The first-order chi connectivity index (χ1) is 5.83. The summed E-state index contributed by atoms with van der Waals surface area (Å²) in [5.41, 5.74) is 2.86. The number of fused-ring (bicyclic) bond motifs is 1. The summed E-state index contributed by atoms with van der Waals surface area (Å²) in [4.78, 5) is 11.5. The number of ketones is 1. The smallest absolute Gasteiger partial charge is 0.166 e. The monoisotopic (exact) mass is 164 g/mol. The second-order valence-corrected chi connectivity index (χ2v) is 3.15. The highest BCUT2D eigenvalue weighted by Gasteiger charge is 2.22. The molecule has 0 aromatic carbocycles. The van der Waals surface area contributed by atoms with E-state index < -0.39 is 0 Å². The number of carbonyl (C=O) groups is 1. The van der Waals surface area contributed by atoms with Crippen LogP contribution in [0.3, 0.4) is 0 Å². The number of aromatic amines is 1. The zero-order valence-electron chi connectivity index (χ0n) is 7.18. The lowest BCUT2D eigenvalue weighted by Crippen LogP contribution is -2.10. The van der Waals surface area contributed by atoms with Gasteiger partial charge in [0.25, 0.3) is 0 Å². The molecular formula is C9H12N2O. The molecule has 0 radical (unpaired) electrons. The molecule has 1 aliphatic rings. The van der Waals surface area contributed by atoms with Crippen LogP contribution in [0.25, 0.3) is 0 Å². The van der Waals surface area contributed by atoms with Crippen LogP contribution < -0.4 is 0 Å². The van der Waals surface area contributed by atoms with Crippen molar-refractivity contribution in [2.45, 2.75) is 32.6 Å². The van der Waals surface area contributed by atoms with Gasteiger partial charge in [0, 0.05) is 12.1 Å². The summed E-state index contributed by atoms with van der Waals surface area (Å²) in [5, 5.41) is 7.06. The summed E-state index contributed by atoms with van der Waals surface area (Å²) >= 11 is 0. The molecule has 0 saturated carbocycles. The van der Waals surface area contributed by atoms with E-state index in [4.69, 9.17) is 0 Å². The lowest BCUT2D eigenvalue weighted by atomic mass is 9.94. The molecule has 1 aromatic rings. The fourth-order valence-electron chi connectivity index (χ4n) is 1.74. The number of carbonyl (C=O) groups excluding carboxylic acids is 1. The summed E-state index contributed by atoms with van der Waals surface area (Å²) in [5.74, 6) is 0.266. The van der Waals surface area contributed by atoms with E-state index in [0.29, 0.717) is 6.42 Å². The van der Waals surface area contributed by atoms with E-state index in [9.17, 15) is 4.79 Å². The average molecular weight is 164 g/mol. The van der Waals surface area contributed by atoms with Gasteiger partial charge in [0.2, 0.25) is 0 Å². The van der Waals surface area contributed by atoms with Gasteiger partial charge in [0.15, 0.2) is 5.78 Å². The number of rotatable bonds is 1. The first-order valence-corrected chi connectivity index (χ1v) is 4.42. The molecule has 0 saturated heterocycles. The maximum atomic E-state index is 11.5. The Morgan fingerprint density at radius 3 is 3.08 bits per heavy atom. The first kappa shape index (κ1) is 7.53. The Kier molecular flexibility index (Phi) is 1.71. The molecule has 0 amide bonds. The minimum atomic E-state index is 0.266. The Morgan fingerprint density at radius 2 is 2.33 bits per heavy atom. The molecule has 64 valence electrons. The van der Waals surface area contributed by atoms with Gasteiger partial charge in [-0.15, -0.1) is 0 Å². The van der Waals surface area contributed by atoms with E-state index in [1.165, 1.54) is 0 Å². The van der Waals surface area contributed by atoms with Crippen molar-refractivity contribution in [3.8, 4) is 0 Å². The number of Topliss-reactive ketones (excluding diaryl/α,β-unsaturated/α-hetero) is 1. The molecule has 0 aliphatic heterocycles. The van der Waals surface area contributed by atoms with E-state index >= 15 is 0 Å². The molecular weight excluding hydrogens is 152 g/mol. The van der Waals surface area contributed by atoms with Gasteiger partial charge in [0.1, 0.15) is 0 Å². The molecule has 0 fully saturated rings. The Hall–Kier alpha value is -1.12. The molecule has 1 aromatic heterocycles. The van der Waals surface area contributed by atoms with Gasteiger partial charge < -0.3 is 0 Å². The summed E-state index contributed by atoms with van der Waals surface area (Å²) < 4.78 is 0. The van der Waals surface area contributed by atoms with Crippen molar-refractivity contribution < 1.29 is 4.79 Å². The molecule has 0 spiro atoms. The molecule has 1 N–H and O–H groups in total. The Bertz CT molecular complexity index is 301. The van der Waals surface area contributed by atoms with Gasteiger partial charge in [-0.2, -0.15) is 5.10 Å². The predicted molar refractivity (Wildman–Crippen MR) is 45.2 cm³/mol. The van der Waals surface area contributed by atoms with Crippen LogP contribution in [0.4, 0.5) is 0 Å². The number of aryl methyl sites for hydroxylation is 2. The van der Waals surface area contributed by atoms with Crippen LogP contribution in [0.15, 0.2) is 0 Å². The topological polar surface area (TPSA) is 45.8 Å². The van der Waals surface area contributed by atoms with Gasteiger partial charge in [-0.1, -0.05) is 6.92 Å². The zero-order chi connectivity index (χ0) is 8.55. The highest BCUT2D eigenvalue weighted by molar-refractivity contribution is 5.99. The van der Waals surface area contributed by atoms with Crippen molar-refractivity contribution in [1.82, 2.24) is 10.2 Å². The Balaban J connectivity index is 2.50. The standard InChI is InChI=1S/C9H12N2O/c1-2-6-9-7(11-10-6)4-3-5-8(9)12/h2-5H2,1H3,(H,10,11). The second kappa shape index (κ2) is 2.73. The SMILES string of the molecule is CCc1n[nH]c2c1C(=O)CCC2. The second-order valence-electron chi connectivity index (χ2n) is 3.15. The van der Waals surface area contributed by atoms with Crippen molar-refractivity contribution in [2.75, 3.05) is 0 Å². The summed E-state index contributed by atoms with van der Waals surface area (Å²) in [6.45, 7) is 2.03. The van der Waals surface area contributed by atoms with Crippen molar-refractivity contribution in [2.24, 2.45) is 0 Å². The van der Waals surface area contributed by atoms with Crippen molar-refractivity contribution in [1.29, 1.82) is 0 Å². The van der Waals surface area contributed by atoms with E-state index in [0.717, 1.165) is 36.2 Å². The lowest BCUT2D eigenvalue weighted by molar-refractivity contribution is 0.0971. The average Bonchev–Trinajstić information content (AvgIpc) is 2.49. The molecule has 1 heterocycles. The number of nitrogens with zero attached hydrogens (tertiary/aromatic N) is 1. The summed E-state index contributed by atoms with van der Waals surface area (Å²) in [7, 11) is 0. The van der Waals surface area contributed by atoms with Crippen LogP contribution in [0.1, 0.15) is 41.5 Å². The predicted octanol–water partition coefficient (Wildman–Crippen LogP) is 1.49. The molecule has 2 rings (SSSR count). The number of hydrogen-bond donors (Lipinski definition) is 1. The van der Waals surface area contributed by atoms with Crippen molar-refractivity contribution in [3.05, 3.63) is 17.0 Å². The quantitative estimate of drug-likeness (QED) is 0.683. The number of aromatic nitrogens is 2. The fraction of sp³-hybridized carbons (Fsp3) is 0.556. The van der Waals surface area contributed by atoms with E-state index in [1.807, 2.05) is 6.92 Å². The van der Waals surface area contributed by atoms with Crippen LogP contribution in [0.5, 0.6) is 0 Å². The van der Waals surface area contributed by atoms with Crippen LogP contribution >= 0.6 is 0 Å². The van der Waals surface area contributed by atoms with E-state index in [-0.39, 0.29) is 5.78 Å². The Labute approximate surface area is 71.2 Å². The first-order valence-electron chi connectivity index (χ1n) is 4.42. The number of H-pyrrole nitrogens is 1. The minimum Gasteiger partial charge on any atom is -0.294 e. The summed E-state index contributed by atoms with van der Waals surface area (Å²) in [6.07, 6.45) is 3.49. The van der Waals surface area contributed by atoms with Crippen LogP contribution in [0.2, 0.25) is 0 Å². The van der Waals surface area contributed by atoms with E-state index in [1.54, 1.807) is 0 Å². The zero-order valence-corrected chi connectivity index (χ0v) is 7.18. The highest BCUT2D eigenvalue weighted by Crippen LogP contribution is 2.22. The molecule has 0 atom stereocenters. The van der Waals surface area contributed by atoms with Gasteiger partial charge in [0.05, 0.1) is 11.3 Å². The fourth-order valence-corrected chi connectivity index (χ4v) is 1.74. The van der Waals surface area contributed by atoms with E-state index in [2.05, 4.69) is 10.2 Å². The highest BCUT2D eigenvalue weighted by atomic mass is 16.1. The molecule has 3 heteroatoms. The van der Waals surface area contributed by atoms with Gasteiger partial charge in [-0.3, -0.25) is 9.89 Å². The maximum absolute atomic E-state index is 11.5. The normalized spacial score (nSPS) is 16.2. The van der Waals surface area contributed by atoms with Gasteiger partial charge in [-0.25, -0.2) is 0 Å². The maximum Gasteiger partial charge on any atom is 0.166 e. The molecule has 1 aliphatic carbocycles. The third-order valence-corrected chi connectivity index (χ3v) is 2.36. The lowest BCUT2D eigenvalue weighted by Gasteiger charge is -2.09. The Morgan fingerprint density at radius 1 is 1.50 bits per heavy atom. The van der Waals surface area contributed by atoms with Crippen LogP contribution in [0, 0.1) is 0 Å². The van der Waals surface area contributed by atoms with Crippen LogP contribution in [-0.2, 0) is 12.8 Å². The van der Waals surface area contributed by atoms with Gasteiger partial charge in [-0.05, 0) is 19.3 Å². The third kappa shape index (κ3) is 0.967. The molecule has 3 nitrogen and oxygen atoms in total. The van der Waals surface area contributed by atoms with Crippen LogP contribution in [-0.4, -0.2) is 16.0 Å². The minimum absolute atomic E-state index is 0.266. The van der Waals surface area contributed by atoms with Gasteiger partial charge >= 0.3 is 0 Å². The van der Waals surface area contributed by atoms with Crippen molar-refractivity contribution >= 4 is 5.78 Å².